The first-order valence-corrected chi connectivity index (χ1v) is 12.7. The second kappa shape index (κ2) is 14.2. The fourth-order valence-corrected chi connectivity index (χ4v) is 3.87. The predicted octanol–water partition coefficient (Wildman–Crippen LogP) is 5.96. The highest BCUT2D eigenvalue weighted by Crippen LogP contribution is 2.37. The first-order valence-electron chi connectivity index (χ1n) is 11.6. The van der Waals surface area contributed by atoms with Crippen molar-refractivity contribution < 1.29 is 23.8 Å². The maximum atomic E-state index is 12.1. The summed E-state index contributed by atoms with van der Waals surface area (Å²) in [4.78, 5) is 24.3. The molecule has 0 fully saturated rings. The molecule has 0 radical (unpaired) electrons. The zero-order chi connectivity index (χ0) is 26.6. The van der Waals surface area contributed by atoms with E-state index >= 15 is 0 Å². The van der Waals surface area contributed by atoms with Crippen molar-refractivity contribution in [3.8, 4) is 17.2 Å². The number of nitrogens with zero attached hydrogens (tertiary/aromatic N) is 1. The molecule has 194 valence electrons. The Kier molecular flexibility index (Phi) is 10.8. The van der Waals surface area contributed by atoms with Crippen LogP contribution in [0, 0.1) is 0 Å². The smallest absolute Gasteiger partial charge is 0.249 e. The minimum atomic E-state index is -0.549. The minimum Gasteiger partial charge on any atom is -0.494 e. The third kappa shape index (κ3) is 9.11. The normalized spacial score (nSPS) is 10.7. The lowest BCUT2D eigenvalue weighted by molar-refractivity contribution is -0.126. The molecule has 0 spiro atoms. The maximum absolute atomic E-state index is 12.1. The van der Waals surface area contributed by atoms with E-state index in [1.54, 1.807) is 48.5 Å². The highest BCUT2D eigenvalue weighted by Gasteiger charge is 2.13. The van der Waals surface area contributed by atoms with Crippen molar-refractivity contribution in [2.24, 2.45) is 5.10 Å². The summed E-state index contributed by atoms with van der Waals surface area (Å²) < 4.78 is 17.7. The fourth-order valence-electron chi connectivity index (χ4n) is 3.17. The van der Waals surface area contributed by atoms with Crippen LogP contribution in [0.15, 0.2) is 70.2 Å². The van der Waals surface area contributed by atoms with Crippen LogP contribution in [0.1, 0.15) is 31.4 Å². The van der Waals surface area contributed by atoms with Crippen molar-refractivity contribution in [2.75, 3.05) is 18.5 Å². The van der Waals surface area contributed by atoms with Gasteiger partial charge in [-0.1, -0.05) is 23.7 Å². The van der Waals surface area contributed by atoms with E-state index in [0.29, 0.717) is 57.8 Å². The zero-order valence-electron chi connectivity index (χ0n) is 20.4. The average molecular weight is 589 g/mol. The van der Waals surface area contributed by atoms with Gasteiger partial charge in [0.05, 0.1) is 23.9 Å². The summed E-state index contributed by atoms with van der Waals surface area (Å²) in [6.45, 7) is 5.08. The van der Waals surface area contributed by atoms with Crippen molar-refractivity contribution in [1.82, 2.24) is 5.43 Å². The van der Waals surface area contributed by atoms with E-state index < -0.39 is 11.8 Å². The summed E-state index contributed by atoms with van der Waals surface area (Å²) in [5.74, 6) is 0.761. The van der Waals surface area contributed by atoms with Gasteiger partial charge in [-0.3, -0.25) is 9.59 Å². The third-order valence-corrected chi connectivity index (χ3v) is 5.64. The van der Waals surface area contributed by atoms with Gasteiger partial charge in [-0.05, 0) is 89.4 Å². The number of ether oxygens (including phenoxy) is 3. The molecule has 3 aromatic carbocycles. The summed E-state index contributed by atoms with van der Waals surface area (Å²) in [7, 11) is 0. The van der Waals surface area contributed by atoms with Gasteiger partial charge in [0, 0.05) is 10.7 Å². The fraction of sp³-hybridized carbons (Fsp3) is 0.222. The lowest BCUT2D eigenvalue weighted by Crippen LogP contribution is -2.24. The summed E-state index contributed by atoms with van der Waals surface area (Å²) in [5.41, 5.74) is 4.55. The minimum absolute atomic E-state index is 0.331. The Bertz CT molecular complexity index is 1230. The van der Waals surface area contributed by atoms with Crippen molar-refractivity contribution in [3.63, 3.8) is 0 Å². The van der Waals surface area contributed by atoms with Crippen LogP contribution in [-0.2, 0) is 16.2 Å². The van der Waals surface area contributed by atoms with Crippen LogP contribution >= 0.6 is 27.5 Å². The molecule has 10 heteroatoms. The van der Waals surface area contributed by atoms with Gasteiger partial charge in [0.1, 0.15) is 18.8 Å². The number of rotatable bonds is 12. The van der Waals surface area contributed by atoms with Crippen molar-refractivity contribution in [2.45, 2.75) is 26.9 Å². The number of anilines is 1. The summed E-state index contributed by atoms with van der Waals surface area (Å²) in [6.07, 6.45) is 1.08. The van der Waals surface area contributed by atoms with Crippen LogP contribution in [0.5, 0.6) is 17.2 Å². The molecule has 0 saturated carbocycles. The first-order chi connectivity index (χ1) is 17.9. The van der Waals surface area contributed by atoms with Gasteiger partial charge < -0.3 is 19.5 Å². The number of amides is 2. The monoisotopic (exact) mass is 587 g/mol. The Labute approximate surface area is 229 Å². The van der Waals surface area contributed by atoms with Crippen LogP contribution < -0.4 is 25.0 Å². The second-order valence-electron chi connectivity index (χ2n) is 7.65. The largest absolute Gasteiger partial charge is 0.494 e. The molecule has 0 aliphatic carbocycles. The Morgan fingerprint density at radius 3 is 2.32 bits per heavy atom. The number of halogens is 2. The van der Waals surface area contributed by atoms with Crippen LogP contribution in [0.25, 0.3) is 0 Å². The van der Waals surface area contributed by atoms with Crippen molar-refractivity contribution >= 4 is 51.2 Å². The first kappa shape index (κ1) is 28.0. The molecule has 0 bridgehead atoms. The van der Waals surface area contributed by atoms with Gasteiger partial charge in [-0.25, -0.2) is 5.43 Å². The number of nitrogens with one attached hydrogen (secondary N) is 2. The molecule has 0 aliphatic heterocycles. The molecule has 0 aliphatic rings. The van der Waals surface area contributed by atoms with Gasteiger partial charge in [0.2, 0.25) is 11.8 Å². The maximum Gasteiger partial charge on any atom is 0.249 e. The number of hydrazone groups is 1. The van der Waals surface area contributed by atoms with Crippen LogP contribution in [0.3, 0.4) is 0 Å². The Morgan fingerprint density at radius 1 is 0.946 bits per heavy atom. The van der Waals surface area contributed by atoms with E-state index in [-0.39, 0.29) is 6.42 Å². The second-order valence-corrected chi connectivity index (χ2v) is 8.94. The molecule has 2 amide bonds. The van der Waals surface area contributed by atoms with E-state index in [9.17, 15) is 9.59 Å². The van der Waals surface area contributed by atoms with E-state index in [0.717, 1.165) is 5.56 Å². The van der Waals surface area contributed by atoms with Gasteiger partial charge >= 0.3 is 0 Å². The number of hydrogen-bond acceptors (Lipinski definition) is 6. The Hall–Kier alpha value is -3.56. The van der Waals surface area contributed by atoms with Crippen molar-refractivity contribution in [1.29, 1.82) is 0 Å². The van der Waals surface area contributed by atoms with Gasteiger partial charge in [-0.2, -0.15) is 5.10 Å². The summed E-state index contributed by atoms with van der Waals surface area (Å²) in [5, 5.41) is 7.27. The standard InChI is InChI=1S/C27H27BrClN3O5/c1-3-35-22-11-9-21(10-12-22)31-25(33)15-26(34)32-30-16-19-13-23(28)27(24(14-19)36-4-2)37-17-18-5-7-20(29)8-6-18/h5-14,16H,3-4,15,17H2,1-2H3,(H,31,33)(H,32,34). The molecule has 3 aromatic rings. The number of benzene rings is 3. The lowest BCUT2D eigenvalue weighted by atomic mass is 10.2. The van der Waals surface area contributed by atoms with Gasteiger partial charge in [0.25, 0.3) is 0 Å². The molecule has 0 unspecified atom stereocenters. The quantitative estimate of drug-likeness (QED) is 0.155. The van der Waals surface area contributed by atoms with Gasteiger partial charge in [-0.15, -0.1) is 0 Å². The summed E-state index contributed by atoms with van der Waals surface area (Å²) >= 11 is 9.46. The molecule has 0 aromatic heterocycles. The van der Waals surface area contributed by atoms with Crippen molar-refractivity contribution in [3.05, 3.63) is 81.3 Å². The Balaban J connectivity index is 1.55. The zero-order valence-corrected chi connectivity index (χ0v) is 22.8. The molecule has 2 N–H and O–H groups in total. The van der Waals surface area contributed by atoms with E-state index in [1.807, 2.05) is 26.0 Å². The Morgan fingerprint density at radius 2 is 1.65 bits per heavy atom. The molecular formula is C27H27BrClN3O5. The van der Waals surface area contributed by atoms with E-state index in [4.69, 9.17) is 25.8 Å². The molecule has 0 heterocycles. The molecule has 3 rings (SSSR count). The van der Waals surface area contributed by atoms with Crippen LogP contribution in [0.2, 0.25) is 5.02 Å². The molecular weight excluding hydrogens is 562 g/mol. The summed E-state index contributed by atoms with van der Waals surface area (Å²) in [6, 6.07) is 17.8. The highest BCUT2D eigenvalue weighted by atomic mass is 79.9. The highest BCUT2D eigenvalue weighted by molar-refractivity contribution is 9.10. The van der Waals surface area contributed by atoms with Crippen LogP contribution in [0.4, 0.5) is 5.69 Å². The van der Waals surface area contributed by atoms with E-state index in [1.165, 1.54) is 6.21 Å². The third-order valence-electron chi connectivity index (χ3n) is 4.80. The molecule has 0 saturated heterocycles. The topological polar surface area (TPSA) is 98.2 Å². The molecule has 8 nitrogen and oxygen atoms in total. The van der Waals surface area contributed by atoms with E-state index in [2.05, 4.69) is 31.8 Å². The lowest BCUT2D eigenvalue weighted by Gasteiger charge is -2.14. The molecule has 0 atom stereocenters. The SMILES string of the molecule is CCOc1ccc(NC(=O)CC(=O)NN=Cc2cc(Br)c(OCc3ccc(Cl)cc3)c(OCC)c2)cc1. The molecule has 37 heavy (non-hydrogen) atoms. The average Bonchev–Trinajstić information content (AvgIpc) is 2.86. The number of carbonyl (C=O) groups excluding carboxylic acids is 2. The number of carbonyl (C=O) groups is 2. The number of hydrogen-bond donors (Lipinski definition) is 2. The van der Waals surface area contributed by atoms with Gasteiger partial charge in [0.15, 0.2) is 11.5 Å². The predicted molar refractivity (Wildman–Crippen MR) is 148 cm³/mol. The van der Waals surface area contributed by atoms with Crippen LogP contribution in [-0.4, -0.2) is 31.2 Å².